The van der Waals surface area contributed by atoms with E-state index in [9.17, 15) is 18.0 Å². The van der Waals surface area contributed by atoms with Gasteiger partial charge in [0.2, 0.25) is 0 Å². The van der Waals surface area contributed by atoms with Crippen LogP contribution >= 0.6 is 0 Å². The minimum absolute atomic E-state index is 0.00993. The van der Waals surface area contributed by atoms with Gasteiger partial charge in [-0.2, -0.15) is 0 Å². The molecule has 0 radical (unpaired) electrons. The lowest BCUT2D eigenvalue weighted by atomic mass is 10.2. The summed E-state index contributed by atoms with van der Waals surface area (Å²) in [5, 5.41) is 0. The smallest absolute Gasteiger partial charge is 0.465 e. The molecule has 122 valence electrons. The first-order chi connectivity index (χ1) is 10.8. The molecule has 0 amide bonds. The topological polar surface area (TPSA) is 70.8 Å². The van der Waals surface area contributed by atoms with Gasteiger partial charge < -0.3 is 19.9 Å². The Kier molecular flexibility index (Phi) is 4.63. The largest absolute Gasteiger partial charge is 0.573 e. The van der Waals surface area contributed by atoms with Crippen molar-refractivity contribution in [1.29, 1.82) is 0 Å². The molecule has 0 heterocycles. The van der Waals surface area contributed by atoms with Crippen LogP contribution in [-0.4, -0.2) is 19.4 Å². The van der Waals surface area contributed by atoms with Crippen LogP contribution in [0.2, 0.25) is 0 Å². The molecule has 2 rings (SSSR count). The zero-order valence-electron chi connectivity index (χ0n) is 11.9. The summed E-state index contributed by atoms with van der Waals surface area (Å²) in [6.45, 7) is 0. The fourth-order valence-corrected chi connectivity index (χ4v) is 1.77. The lowest BCUT2D eigenvalue weighted by Crippen LogP contribution is -2.17. The fraction of sp³-hybridized carbons (Fsp3) is 0.133. The molecule has 0 spiro atoms. The van der Waals surface area contributed by atoms with Crippen LogP contribution in [0, 0.1) is 0 Å². The Morgan fingerprint density at radius 1 is 1.04 bits per heavy atom. The van der Waals surface area contributed by atoms with E-state index in [2.05, 4.69) is 9.47 Å². The minimum Gasteiger partial charge on any atom is -0.465 e. The second kappa shape index (κ2) is 6.47. The SMILES string of the molecule is COC(=O)c1cc(N)ccc1Oc1ccccc1OC(F)(F)F. The Morgan fingerprint density at radius 2 is 1.70 bits per heavy atom. The lowest BCUT2D eigenvalue weighted by Gasteiger charge is -2.15. The number of hydrogen-bond donors (Lipinski definition) is 1. The molecule has 2 aromatic rings. The molecule has 0 aliphatic heterocycles. The van der Waals surface area contributed by atoms with Crippen molar-refractivity contribution in [2.45, 2.75) is 6.36 Å². The molecule has 0 saturated heterocycles. The van der Waals surface area contributed by atoms with E-state index in [1.165, 1.54) is 36.4 Å². The average Bonchev–Trinajstić information content (AvgIpc) is 2.48. The average molecular weight is 327 g/mol. The van der Waals surface area contributed by atoms with E-state index in [1.807, 2.05) is 0 Å². The number of hydrogen-bond acceptors (Lipinski definition) is 5. The molecule has 0 bridgehead atoms. The van der Waals surface area contributed by atoms with Gasteiger partial charge in [0, 0.05) is 5.69 Å². The summed E-state index contributed by atoms with van der Waals surface area (Å²) in [4.78, 5) is 11.7. The van der Waals surface area contributed by atoms with Gasteiger partial charge in [0.05, 0.1) is 7.11 Å². The highest BCUT2D eigenvalue weighted by atomic mass is 19.4. The molecular weight excluding hydrogens is 315 g/mol. The molecule has 5 nitrogen and oxygen atoms in total. The van der Waals surface area contributed by atoms with Gasteiger partial charge in [-0.3, -0.25) is 0 Å². The monoisotopic (exact) mass is 327 g/mol. The molecule has 0 atom stereocenters. The molecule has 2 N–H and O–H groups in total. The maximum Gasteiger partial charge on any atom is 0.573 e. The van der Waals surface area contributed by atoms with Crippen LogP contribution in [-0.2, 0) is 4.74 Å². The molecule has 0 aliphatic carbocycles. The Labute approximate surface area is 129 Å². The van der Waals surface area contributed by atoms with Gasteiger partial charge >= 0.3 is 12.3 Å². The van der Waals surface area contributed by atoms with Crippen molar-refractivity contribution in [3.05, 3.63) is 48.0 Å². The standard InChI is InChI=1S/C15H12F3NO4/c1-21-14(20)10-8-9(19)6-7-11(10)22-12-4-2-3-5-13(12)23-15(16,17)18/h2-8H,19H2,1H3. The van der Waals surface area contributed by atoms with Gasteiger partial charge in [0.15, 0.2) is 11.5 Å². The summed E-state index contributed by atoms with van der Waals surface area (Å²) in [6, 6.07) is 9.29. The number of nitrogen functional groups attached to an aromatic ring is 1. The second-order valence-electron chi connectivity index (χ2n) is 4.34. The summed E-state index contributed by atoms with van der Waals surface area (Å²) in [7, 11) is 1.16. The Bertz CT molecular complexity index is 716. The van der Waals surface area contributed by atoms with Gasteiger partial charge in [-0.1, -0.05) is 12.1 Å². The van der Waals surface area contributed by atoms with E-state index < -0.39 is 18.1 Å². The number of para-hydroxylation sites is 2. The summed E-state index contributed by atoms with van der Waals surface area (Å²) < 4.78 is 51.1. The maximum atomic E-state index is 12.4. The van der Waals surface area contributed by atoms with Gasteiger partial charge in [0.25, 0.3) is 0 Å². The third kappa shape index (κ3) is 4.29. The zero-order valence-corrected chi connectivity index (χ0v) is 11.9. The summed E-state index contributed by atoms with van der Waals surface area (Å²) in [6.07, 6.45) is -4.87. The summed E-state index contributed by atoms with van der Waals surface area (Å²) in [5.41, 5.74) is 5.85. The van der Waals surface area contributed by atoms with Gasteiger partial charge in [-0.15, -0.1) is 13.2 Å². The van der Waals surface area contributed by atoms with Crippen molar-refractivity contribution < 1.29 is 32.2 Å². The van der Waals surface area contributed by atoms with Crippen molar-refractivity contribution in [3.63, 3.8) is 0 Å². The highest BCUT2D eigenvalue weighted by molar-refractivity contribution is 5.93. The molecule has 0 fully saturated rings. The molecule has 2 aromatic carbocycles. The van der Waals surface area contributed by atoms with E-state index in [4.69, 9.17) is 10.5 Å². The van der Waals surface area contributed by atoms with Crippen LogP contribution in [0.1, 0.15) is 10.4 Å². The van der Waals surface area contributed by atoms with Gasteiger partial charge in [-0.05, 0) is 30.3 Å². The quantitative estimate of drug-likeness (QED) is 0.684. The van der Waals surface area contributed by atoms with Crippen LogP contribution in [0.3, 0.4) is 0 Å². The number of halogens is 3. The number of alkyl halides is 3. The molecular formula is C15H12F3NO4. The lowest BCUT2D eigenvalue weighted by molar-refractivity contribution is -0.275. The number of methoxy groups -OCH3 is 1. The van der Waals surface area contributed by atoms with Crippen LogP contribution < -0.4 is 15.2 Å². The summed E-state index contributed by atoms with van der Waals surface area (Å²) >= 11 is 0. The highest BCUT2D eigenvalue weighted by Crippen LogP contribution is 2.36. The Morgan fingerprint density at radius 3 is 2.30 bits per heavy atom. The van der Waals surface area contributed by atoms with Crippen LogP contribution in [0.4, 0.5) is 18.9 Å². The fourth-order valence-electron chi connectivity index (χ4n) is 1.77. The minimum atomic E-state index is -4.87. The van der Waals surface area contributed by atoms with Crippen molar-refractivity contribution in [3.8, 4) is 17.2 Å². The van der Waals surface area contributed by atoms with Crippen molar-refractivity contribution in [1.82, 2.24) is 0 Å². The normalized spacial score (nSPS) is 11.0. The number of carbonyl (C=O) groups excluding carboxylic acids is 1. The number of anilines is 1. The number of ether oxygens (including phenoxy) is 3. The predicted molar refractivity (Wildman–Crippen MR) is 75.4 cm³/mol. The third-order valence-corrected chi connectivity index (χ3v) is 2.70. The molecule has 0 saturated carbocycles. The van der Waals surface area contributed by atoms with Crippen LogP contribution in [0.25, 0.3) is 0 Å². The number of rotatable bonds is 4. The first kappa shape index (κ1) is 16.5. The summed E-state index contributed by atoms with van der Waals surface area (Å²) in [5.74, 6) is -1.49. The Balaban J connectivity index is 2.39. The van der Waals surface area contributed by atoms with Crippen molar-refractivity contribution in [2.24, 2.45) is 0 Å². The number of nitrogens with two attached hydrogens (primary N) is 1. The van der Waals surface area contributed by atoms with E-state index in [0.717, 1.165) is 13.2 Å². The van der Waals surface area contributed by atoms with E-state index >= 15 is 0 Å². The van der Waals surface area contributed by atoms with E-state index in [0.29, 0.717) is 0 Å². The van der Waals surface area contributed by atoms with Crippen molar-refractivity contribution in [2.75, 3.05) is 12.8 Å². The number of esters is 1. The van der Waals surface area contributed by atoms with Gasteiger partial charge in [-0.25, -0.2) is 4.79 Å². The van der Waals surface area contributed by atoms with Crippen LogP contribution in [0.5, 0.6) is 17.2 Å². The van der Waals surface area contributed by atoms with Gasteiger partial charge in [0.1, 0.15) is 11.3 Å². The molecule has 0 aromatic heterocycles. The number of carbonyl (C=O) groups is 1. The third-order valence-electron chi connectivity index (χ3n) is 2.70. The highest BCUT2D eigenvalue weighted by Gasteiger charge is 2.32. The first-order valence-electron chi connectivity index (χ1n) is 6.30. The van der Waals surface area contributed by atoms with E-state index in [1.54, 1.807) is 0 Å². The second-order valence-corrected chi connectivity index (χ2v) is 4.34. The van der Waals surface area contributed by atoms with Crippen molar-refractivity contribution >= 4 is 11.7 Å². The molecule has 0 unspecified atom stereocenters. The first-order valence-corrected chi connectivity index (χ1v) is 6.30. The zero-order chi connectivity index (χ0) is 17.0. The van der Waals surface area contributed by atoms with Crippen LogP contribution in [0.15, 0.2) is 42.5 Å². The molecule has 8 heteroatoms. The predicted octanol–water partition coefficient (Wildman–Crippen LogP) is 3.75. The number of benzene rings is 2. The molecule has 23 heavy (non-hydrogen) atoms. The molecule has 0 aliphatic rings. The van der Waals surface area contributed by atoms with E-state index in [-0.39, 0.29) is 22.7 Å². The maximum absolute atomic E-state index is 12.4. The Hall–Kier alpha value is -2.90.